The summed E-state index contributed by atoms with van der Waals surface area (Å²) in [5.41, 5.74) is 3.18. The Morgan fingerprint density at radius 1 is 1.36 bits per heavy atom. The third-order valence-corrected chi connectivity index (χ3v) is 2.36. The Morgan fingerprint density at radius 3 is 2.86 bits per heavy atom. The van der Waals surface area contributed by atoms with E-state index < -0.39 is 0 Å². The number of hydrogen-bond acceptors (Lipinski definition) is 1. The van der Waals surface area contributed by atoms with Gasteiger partial charge >= 0.3 is 0 Å². The zero-order valence-corrected chi connectivity index (χ0v) is 8.70. The minimum Gasteiger partial charge on any atom is -0.241 e. The van der Waals surface area contributed by atoms with Crippen LogP contribution in [0.4, 0.5) is 0 Å². The van der Waals surface area contributed by atoms with E-state index >= 15 is 0 Å². The molecule has 0 unspecified atom stereocenters. The molecule has 0 aliphatic carbocycles. The second-order valence-corrected chi connectivity index (χ2v) is 3.47. The lowest BCUT2D eigenvalue weighted by atomic mass is 10.2. The van der Waals surface area contributed by atoms with Crippen LogP contribution in [0.25, 0.3) is 5.69 Å². The van der Waals surface area contributed by atoms with Crippen molar-refractivity contribution in [3.05, 3.63) is 47.8 Å². The van der Waals surface area contributed by atoms with Gasteiger partial charge < -0.3 is 0 Å². The predicted molar refractivity (Wildman–Crippen MR) is 57.9 cm³/mol. The maximum atomic E-state index is 5.76. The van der Waals surface area contributed by atoms with Crippen molar-refractivity contribution in [1.82, 2.24) is 9.78 Å². The molecular formula is C11H11ClN2. The Balaban J connectivity index is 2.41. The van der Waals surface area contributed by atoms with Crippen molar-refractivity contribution in [3.63, 3.8) is 0 Å². The number of alkyl halides is 1. The van der Waals surface area contributed by atoms with Crippen LogP contribution in [0.3, 0.4) is 0 Å². The molecule has 1 aromatic carbocycles. The van der Waals surface area contributed by atoms with Crippen LogP contribution in [0.15, 0.2) is 36.5 Å². The summed E-state index contributed by atoms with van der Waals surface area (Å²) >= 11 is 5.76. The van der Waals surface area contributed by atoms with Gasteiger partial charge in [0.15, 0.2) is 0 Å². The summed E-state index contributed by atoms with van der Waals surface area (Å²) in [7, 11) is 0. The van der Waals surface area contributed by atoms with E-state index in [0.717, 1.165) is 16.9 Å². The van der Waals surface area contributed by atoms with Crippen LogP contribution in [0, 0.1) is 6.92 Å². The van der Waals surface area contributed by atoms with E-state index in [4.69, 9.17) is 11.6 Å². The standard InChI is InChI=1S/C11H11ClN2/c1-9-5-6-14(13-9)11-4-2-3-10(7-11)8-12/h2-7H,8H2,1H3. The van der Waals surface area contributed by atoms with Crippen molar-refractivity contribution in [2.24, 2.45) is 0 Å². The molecule has 0 spiro atoms. The summed E-state index contributed by atoms with van der Waals surface area (Å²) in [4.78, 5) is 0. The van der Waals surface area contributed by atoms with Crippen LogP contribution < -0.4 is 0 Å². The van der Waals surface area contributed by atoms with Gasteiger partial charge in [0.1, 0.15) is 0 Å². The predicted octanol–water partition coefficient (Wildman–Crippen LogP) is 2.92. The normalized spacial score (nSPS) is 10.4. The van der Waals surface area contributed by atoms with Crippen LogP contribution in [0.5, 0.6) is 0 Å². The first-order chi connectivity index (χ1) is 6.79. The summed E-state index contributed by atoms with van der Waals surface area (Å²) in [6.45, 7) is 1.97. The van der Waals surface area contributed by atoms with E-state index in [-0.39, 0.29) is 0 Å². The van der Waals surface area contributed by atoms with Crippen molar-refractivity contribution < 1.29 is 0 Å². The summed E-state index contributed by atoms with van der Waals surface area (Å²) in [6, 6.07) is 10.0. The molecule has 0 atom stereocenters. The second kappa shape index (κ2) is 3.84. The molecule has 0 aliphatic rings. The maximum absolute atomic E-state index is 5.76. The van der Waals surface area contributed by atoms with Gasteiger partial charge in [-0.3, -0.25) is 0 Å². The molecule has 14 heavy (non-hydrogen) atoms. The summed E-state index contributed by atoms with van der Waals surface area (Å²) in [6.07, 6.45) is 1.95. The molecule has 3 heteroatoms. The van der Waals surface area contributed by atoms with Crippen LogP contribution in [-0.4, -0.2) is 9.78 Å². The molecule has 2 nitrogen and oxygen atoms in total. The highest BCUT2D eigenvalue weighted by Crippen LogP contribution is 2.11. The first kappa shape index (κ1) is 9.28. The number of halogens is 1. The van der Waals surface area contributed by atoms with Gasteiger partial charge in [0.2, 0.25) is 0 Å². The molecule has 0 saturated carbocycles. The highest BCUT2D eigenvalue weighted by molar-refractivity contribution is 6.17. The second-order valence-electron chi connectivity index (χ2n) is 3.21. The molecule has 2 aromatic rings. The molecule has 0 radical (unpaired) electrons. The molecule has 0 aliphatic heterocycles. The molecule has 0 N–H and O–H groups in total. The molecule has 2 rings (SSSR count). The van der Waals surface area contributed by atoms with Crippen molar-refractivity contribution >= 4 is 11.6 Å². The van der Waals surface area contributed by atoms with E-state index in [1.165, 1.54) is 0 Å². The lowest BCUT2D eigenvalue weighted by Crippen LogP contribution is -1.95. The number of hydrogen-bond donors (Lipinski definition) is 0. The summed E-state index contributed by atoms with van der Waals surface area (Å²) < 4.78 is 1.85. The van der Waals surface area contributed by atoms with E-state index in [1.54, 1.807) is 0 Å². The Morgan fingerprint density at radius 2 is 2.21 bits per heavy atom. The number of aryl methyl sites for hydroxylation is 1. The zero-order valence-electron chi connectivity index (χ0n) is 7.94. The van der Waals surface area contributed by atoms with Gasteiger partial charge in [-0.15, -0.1) is 11.6 Å². The quantitative estimate of drug-likeness (QED) is 0.691. The van der Waals surface area contributed by atoms with E-state index in [1.807, 2.05) is 48.1 Å². The Kier molecular flexibility index (Phi) is 2.55. The lowest BCUT2D eigenvalue weighted by molar-refractivity contribution is 0.861. The molecule has 0 amide bonds. The highest BCUT2D eigenvalue weighted by Gasteiger charge is 1.98. The lowest BCUT2D eigenvalue weighted by Gasteiger charge is -2.02. The molecular weight excluding hydrogens is 196 g/mol. The molecule has 0 saturated heterocycles. The van der Waals surface area contributed by atoms with Gasteiger partial charge in [-0.1, -0.05) is 12.1 Å². The fourth-order valence-corrected chi connectivity index (χ4v) is 1.51. The van der Waals surface area contributed by atoms with Crippen molar-refractivity contribution in [2.45, 2.75) is 12.8 Å². The first-order valence-corrected chi connectivity index (χ1v) is 5.00. The average molecular weight is 207 g/mol. The molecule has 1 aromatic heterocycles. The molecule has 0 fully saturated rings. The summed E-state index contributed by atoms with van der Waals surface area (Å²) in [5, 5.41) is 4.33. The van der Waals surface area contributed by atoms with E-state index in [2.05, 4.69) is 5.10 Å². The van der Waals surface area contributed by atoms with Crippen LogP contribution in [0.1, 0.15) is 11.3 Å². The number of rotatable bonds is 2. The third kappa shape index (κ3) is 1.80. The largest absolute Gasteiger partial charge is 0.241 e. The Bertz CT molecular complexity index is 434. The van der Waals surface area contributed by atoms with E-state index in [9.17, 15) is 0 Å². The SMILES string of the molecule is Cc1ccn(-c2cccc(CCl)c2)n1. The number of aromatic nitrogens is 2. The molecule has 72 valence electrons. The van der Waals surface area contributed by atoms with E-state index in [0.29, 0.717) is 5.88 Å². The average Bonchev–Trinajstić information content (AvgIpc) is 2.65. The fourth-order valence-electron chi connectivity index (χ4n) is 1.34. The first-order valence-electron chi connectivity index (χ1n) is 4.47. The summed E-state index contributed by atoms with van der Waals surface area (Å²) in [5.74, 6) is 0.536. The van der Waals surface area contributed by atoms with Gasteiger partial charge in [0.25, 0.3) is 0 Å². The minimum absolute atomic E-state index is 0.536. The van der Waals surface area contributed by atoms with Crippen molar-refractivity contribution in [3.8, 4) is 5.69 Å². The molecule has 0 bridgehead atoms. The van der Waals surface area contributed by atoms with Gasteiger partial charge in [0.05, 0.1) is 11.4 Å². The smallest absolute Gasteiger partial charge is 0.0648 e. The Hall–Kier alpha value is -1.28. The molecule has 1 heterocycles. The fraction of sp³-hybridized carbons (Fsp3) is 0.182. The maximum Gasteiger partial charge on any atom is 0.0648 e. The number of nitrogens with zero attached hydrogens (tertiary/aromatic N) is 2. The van der Waals surface area contributed by atoms with Gasteiger partial charge in [-0.05, 0) is 30.7 Å². The van der Waals surface area contributed by atoms with Crippen molar-refractivity contribution in [2.75, 3.05) is 0 Å². The van der Waals surface area contributed by atoms with Crippen LogP contribution in [-0.2, 0) is 5.88 Å². The third-order valence-electron chi connectivity index (χ3n) is 2.05. The topological polar surface area (TPSA) is 17.8 Å². The van der Waals surface area contributed by atoms with Gasteiger partial charge in [-0.2, -0.15) is 5.10 Å². The number of benzene rings is 1. The van der Waals surface area contributed by atoms with Gasteiger partial charge in [-0.25, -0.2) is 4.68 Å². The van der Waals surface area contributed by atoms with Gasteiger partial charge in [0, 0.05) is 12.1 Å². The van der Waals surface area contributed by atoms with Crippen molar-refractivity contribution in [1.29, 1.82) is 0 Å². The monoisotopic (exact) mass is 206 g/mol. The minimum atomic E-state index is 0.536. The van der Waals surface area contributed by atoms with Crippen LogP contribution in [0.2, 0.25) is 0 Å². The highest BCUT2D eigenvalue weighted by atomic mass is 35.5. The van der Waals surface area contributed by atoms with Crippen LogP contribution >= 0.6 is 11.6 Å². The zero-order chi connectivity index (χ0) is 9.97. The Labute approximate surface area is 88.1 Å².